The van der Waals surface area contributed by atoms with Crippen molar-refractivity contribution in [3.63, 3.8) is 0 Å². The molecule has 7 nitrogen and oxygen atoms in total. The largest absolute Gasteiger partial charge is 0.494 e. The van der Waals surface area contributed by atoms with Gasteiger partial charge in [0, 0.05) is 5.56 Å². The first-order valence-corrected chi connectivity index (χ1v) is 10.8. The summed E-state index contributed by atoms with van der Waals surface area (Å²) in [6.45, 7) is 8.11. The van der Waals surface area contributed by atoms with E-state index in [1.807, 2.05) is 0 Å². The first-order chi connectivity index (χ1) is 14.4. The number of carbonyl (C=O) groups is 3. The molecular formula is C22H27NO6S. The van der Waals surface area contributed by atoms with Gasteiger partial charge < -0.3 is 19.5 Å². The Morgan fingerprint density at radius 2 is 1.60 bits per heavy atom. The van der Waals surface area contributed by atoms with Gasteiger partial charge in [-0.25, -0.2) is 9.59 Å². The Kier molecular flexibility index (Phi) is 8.86. The highest BCUT2D eigenvalue weighted by Gasteiger charge is 2.27. The van der Waals surface area contributed by atoms with Crippen LogP contribution in [0.1, 0.15) is 69.6 Å². The van der Waals surface area contributed by atoms with E-state index in [1.165, 1.54) is 0 Å². The van der Waals surface area contributed by atoms with E-state index in [4.69, 9.17) is 14.2 Å². The van der Waals surface area contributed by atoms with Gasteiger partial charge in [-0.15, -0.1) is 11.3 Å². The highest BCUT2D eigenvalue weighted by molar-refractivity contribution is 7.18. The van der Waals surface area contributed by atoms with Crippen molar-refractivity contribution >= 4 is 34.2 Å². The van der Waals surface area contributed by atoms with Crippen LogP contribution in [0.2, 0.25) is 0 Å². The fourth-order valence-corrected chi connectivity index (χ4v) is 3.74. The van der Waals surface area contributed by atoms with Gasteiger partial charge in [0.1, 0.15) is 15.6 Å². The second-order valence-corrected chi connectivity index (χ2v) is 7.40. The van der Waals surface area contributed by atoms with Crippen molar-refractivity contribution in [2.75, 3.05) is 25.1 Å². The lowest BCUT2D eigenvalue weighted by molar-refractivity contribution is 0.0527. The number of nitrogens with one attached hydrogen (secondary N) is 1. The summed E-state index contributed by atoms with van der Waals surface area (Å²) >= 11 is 0.996. The molecular weight excluding hydrogens is 406 g/mol. The fourth-order valence-electron chi connectivity index (χ4n) is 2.65. The molecule has 0 aliphatic carbocycles. The lowest BCUT2D eigenvalue weighted by Crippen LogP contribution is -2.15. The molecule has 1 N–H and O–H groups in total. The Bertz CT molecular complexity index is 888. The zero-order valence-corrected chi connectivity index (χ0v) is 18.5. The molecule has 1 heterocycles. The summed E-state index contributed by atoms with van der Waals surface area (Å²) in [5.41, 5.74) is 0.987. The van der Waals surface area contributed by atoms with Crippen LogP contribution >= 0.6 is 11.3 Å². The predicted octanol–water partition coefficient (Wildman–Crippen LogP) is 4.84. The number of anilines is 1. The number of ether oxygens (including phenoxy) is 3. The van der Waals surface area contributed by atoms with Gasteiger partial charge in [-0.3, -0.25) is 4.79 Å². The van der Waals surface area contributed by atoms with E-state index >= 15 is 0 Å². The molecule has 1 amide bonds. The van der Waals surface area contributed by atoms with Crippen molar-refractivity contribution in [1.29, 1.82) is 0 Å². The normalized spacial score (nSPS) is 10.4. The van der Waals surface area contributed by atoms with Crippen LogP contribution in [-0.4, -0.2) is 37.7 Å². The smallest absolute Gasteiger partial charge is 0.348 e. The van der Waals surface area contributed by atoms with Crippen LogP contribution in [0.15, 0.2) is 24.3 Å². The van der Waals surface area contributed by atoms with E-state index < -0.39 is 17.8 Å². The van der Waals surface area contributed by atoms with Gasteiger partial charge in [0.2, 0.25) is 0 Å². The lowest BCUT2D eigenvalue weighted by atomic mass is 10.1. The van der Waals surface area contributed by atoms with Gasteiger partial charge in [0.15, 0.2) is 0 Å². The second-order valence-electron chi connectivity index (χ2n) is 6.38. The number of rotatable bonds is 10. The average Bonchev–Trinajstić information content (AvgIpc) is 3.05. The van der Waals surface area contributed by atoms with Crippen LogP contribution in [0.4, 0.5) is 5.00 Å². The minimum absolute atomic E-state index is 0.165. The number of amides is 1. The molecule has 2 aromatic rings. The predicted molar refractivity (Wildman–Crippen MR) is 116 cm³/mol. The van der Waals surface area contributed by atoms with Gasteiger partial charge in [-0.1, -0.05) is 13.3 Å². The van der Waals surface area contributed by atoms with Crippen molar-refractivity contribution < 1.29 is 28.6 Å². The minimum Gasteiger partial charge on any atom is -0.494 e. The maximum Gasteiger partial charge on any atom is 0.348 e. The third-order valence-electron chi connectivity index (χ3n) is 4.20. The molecule has 8 heteroatoms. The molecule has 0 aliphatic rings. The first kappa shape index (κ1) is 23.4. The lowest BCUT2D eigenvalue weighted by Gasteiger charge is -2.08. The molecule has 0 spiro atoms. The molecule has 0 radical (unpaired) electrons. The minimum atomic E-state index is -0.600. The molecule has 1 aromatic heterocycles. The fraction of sp³-hybridized carbons (Fsp3) is 0.409. The van der Waals surface area contributed by atoms with Crippen LogP contribution in [-0.2, 0) is 9.47 Å². The van der Waals surface area contributed by atoms with Crippen molar-refractivity contribution in [3.05, 3.63) is 45.8 Å². The molecule has 0 bridgehead atoms. The topological polar surface area (TPSA) is 90.9 Å². The van der Waals surface area contributed by atoms with Crippen LogP contribution in [0.5, 0.6) is 5.75 Å². The molecule has 0 fully saturated rings. The van der Waals surface area contributed by atoms with E-state index in [9.17, 15) is 14.4 Å². The summed E-state index contributed by atoms with van der Waals surface area (Å²) in [5.74, 6) is -0.863. The third kappa shape index (κ3) is 5.82. The van der Waals surface area contributed by atoms with E-state index in [0.717, 1.165) is 24.2 Å². The Labute approximate surface area is 180 Å². The highest BCUT2D eigenvalue weighted by Crippen LogP contribution is 2.34. The van der Waals surface area contributed by atoms with Crippen molar-refractivity contribution in [2.45, 2.75) is 40.5 Å². The number of carbonyl (C=O) groups excluding carboxylic acids is 3. The standard InChI is InChI=1S/C22H27NO6S/c1-5-8-13-29-16-11-9-15(10-12-16)19(24)23-20-17(21(25)27-6-2)14(4)18(30-20)22(26)28-7-3/h9-12H,5-8,13H2,1-4H3,(H,23,24). The Morgan fingerprint density at radius 3 is 2.20 bits per heavy atom. The molecule has 162 valence electrons. The summed E-state index contributed by atoms with van der Waals surface area (Å²) in [5, 5.41) is 2.98. The number of esters is 2. The van der Waals surface area contributed by atoms with Crippen molar-refractivity contribution in [1.82, 2.24) is 0 Å². The molecule has 0 aliphatic heterocycles. The Balaban J connectivity index is 2.25. The van der Waals surface area contributed by atoms with Crippen molar-refractivity contribution in [3.8, 4) is 5.75 Å². The summed E-state index contributed by atoms with van der Waals surface area (Å²) in [6, 6.07) is 6.74. The molecule has 2 rings (SSSR count). The Hall–Kier alpha value is -2.87. The van der Waals surface area contributed by atoms with E-state index in [2.05, 4.69) is 12.2 Å². The third-order valence-corrected chi connectivity index (χ3v) is 5.38. The monoisotopic (exact) mass is 433 g/mol. The summed E-state index contributed by atoms with van der Waals surface area (Å²) in [4.78, 5) is 37.6. The van der Waals surface area contributed by atoms with Gasteiger partial charge in [-0.2, -0.15) is 0 Å². The molecule has 30 heavy (non-hydrogen) atoms. The summed E-state index contributed by atoms with van der Waals surface area (Å²) in [6.07, 6.45) is 2.00. The molecule has 0 unspecified atom stereocenters. The zero-order valence-electron chi connectivity index (χ0n) is 17.7. The zero-order chi connectivity index (χ0) is 22.1. The Morgan fingerprint density at radius 1 is 0.967 bits per heavy atom. The van der Waals surface area contributed by atoms with E-state index in [0.29, 0.717) is 23.5 Å². The number of thiophene rings is 1. The van der Waals surface area contributed by atoms with Crippen LogP contribution in [0, 0.1) is 6.92 Å². The first-order valence-electron chi connectivity index (χ1n) is 9.94. The molecule has 0 atom stereocenters. The van der Waals surface area contributed by atoms with Crippen LogP contribution in [0.3, 0.4) is 0 Å². The highest BCUT2D eigenvalue weighted by atomic mass is 32.1. The SMILES string of the molecule is CCCCOc1ccc(C(=O)Nc2sc(C(=O)OCC)c(C)c2C(=O)OCC)cc1. The molecule has 0 saturated heterocycles. The second kappa shape index (κ2) is 11.3. The van der Waals surface area contributed by atoms with E-state index in [-0.39, 0.29) is 28.7 Å². The molecule has 1 aromatic carbocycles. The number of benzene rings is 1. The summed E-state index contributed by atoms with van der Waals surface area (Å²) in [7, 11) is 0. The van der Waals surface area contributed by atoms with E-state index in [1.54, 1.807) is 45.0 Å². The summed E-state index contributed by atoms with van der Waals surface area (Å²) < 4.78 is 15.8. The average molecular weight is 434 g/mol. The van der Waals surface area contributed by atoms with Gasteiger partial charge in [0.05, 0.1) is 25.4 Å². The van der Waals surface area contributed by atoms with Gasteiger partial charge in [0.25, 0.3) is 5.91 Å². The maximum absolute atomic E-state index is 12.7. The molecule has 0 saturated carbocycles. The maximum atomic E-state index is 12.7. The quantitative estimate of drug-likeness (QED) is 0.426. The van der Waals surface area contributed by atoms with Crippen LogP contribution < -0.4 is 10.1 Å². The van der Waals surface area contributed by atoms with Crippen molar-refractivity contribution in [2.24, 2.45) is 0 Å². The van der Waals surface area contributed by atoms with Gasteiger partial charge >= 0.3 is 11.9 Å². The number of hydrogen-bond donors (Lipinski definition) is 1. The van der Waals surface area contributed by atoms with Crippen LogP contribution in [0.25, 0.3) is 0 Å². The number of hydrogen-bond acceptors (Lipinski definition) is 7. The van der Waals surface area contributed by atoms with Gasteiger partial charge in [-0.05, 0) is 57.0 Å². The number of unbranched alkanes of at least 4 members (excludes halogenated alkanes) is 1.